The average molecular weight is 508 g/mol. The molecule has 1 heterocycles. The molecule has 11 heteroatoms. The Labute approximate surface area is 177 Å². The van der Waals surface area contributed by atoms with E-state index in [4.69, 9.17) is 9.47 Å². The van der Waals surface area contributed by atoms with Gasteiger partial charge in [-0.05, 0) is 58.4 Å². The van der Waals surface area contributed by atoms with Gasteiger partial charge in [0.1, 0.15) is 4.21 Å². The van der Waals surface area contributed by atoms with Gasteiger partial charge in [-0.2, -0.15) is 13.2 Å². The molecular formula is C18H13BrF3NO4S2. The van der Waals surface area contributed by atoms with Crippen molar-refractivity contribution in [1.29, 1.82) is 0 Å². The number of rotatable bonds is 6. The number of para-hydroxylation sites is 2. The maximum Gasteiger partial charge on any atom is 0.416 e. The second kappa shape index (κ2) is 8.25. The molecule has 5 nitrogen and oxygen atoms in total. The standard InChI is InChI=1S/C18H13BrF3NO4S2/c1-26-14-4-2-3-5-15(14)27-13-7-6-11(18(20,21)22)10-12(13)23-29(24,25)17-9-8-16(19)28-17/h2-10,23H,1H3. The summed E-state index contributed by atoms with van der Waals surface area (Å²) in [5.74, 6) is 0.444. The molecule has 0 radical (unpaired) electrons. The van der Waals surface area contributed by atoms with E-state index in [1.54, 1.807) is 24.3 Å². The Morgan fingerprint density at radius 1 is 1.00 bits per heavy atom. The molecule has 3 rings (SSSR count). The molecule has 0 saturated heterocycles. The third kappa shape index (κ3) is 5.03. The van der Waals surface area contributed by atoms with E-state index in [1.807, 2.05) is 0 Å². The minimum atomic E-state index is -4.66. The lowest BCUT2D eigenvalue weighted by atomic mass is 10.2. The van der Waals surface area contributed by atoms with Crippen molar-refractivity contribution in [1.82, 2.24) is 0 Å². The largest absolute Gasteiger partial charge is 0.493 e. The zero-order valence-corrected chi connectivity index (χ0v) is 17.9. The molecular weight excluding hydrogens is 495 g/mol. The third-order valence-electron chi connectivity index (χ3n) is 3.65. The van der Waals surface area contributed by atoms with E-state index < -0.39 is 21.8 Å². The Morgan fingerprint density at radius 2 is 1.69 bits per heavy atom. The van der Waals surface area contributed by atoms with Gasteiger partial charge < -0.3 is 9.47 Å². The van der Waals surface area contributed by atoms with Crippen molar-refractivity contribution in [3.63, 3.8) is 0 Å². The molecule has 3 aromatic rings. The van der Waals surface area contributed by atoms with Crippen molar-refractivity contribution in [2.75, 3.05) is 11.8 Å². The predicted molar refractivity (Wildman–Crippen MR) is 107 cm³/mol. The lowest BCUT2D eigenvalue weighted by molar-refractivity contribution is -0.137. The van der Waals surface area contributed by atoms with Crippen LogP contribution in [0.2, 0.25) is 0 Å². The third-order valence-corrected chi connectivity index (χ3v) is 7.13. The molecule has 0 aliphatic carbocycles. The van der Waals surface area contributed by atoms with Crippen molar-refractivity contribution in [3.8, 4) is 17.2 Å². The number of nitrogens with one attached hydrogen (secondary N) is 1. The first kappa shape index (κ1) is 21.5. The van der Waals surface area contributed by atoms with Gasteiger partial charge in [-0.1, -0.05) is 12.1 Å². The van der Waals surface area contributed by atoms with Crippen LogP contribution in [-0.2, 0) is 16.2 Å². The molecule has 0 unspecified atom stereocenters. The van der Waals surface area contributed by atoms with Gasteiger partial charge in [0.15, 0.2) is 17.2 Å². The van der Waals surface area contributed by atoms with Gasteiger partial charge in [0.05, 0.1) is 22.1 Å². The lowest BCUT2D eigenvalue weighted by Crippen LogP contribution is -2.14. The maximum atomic E-state index is 13.2. The van der Waals surface area contributed by atoms with Crippen LogP contribution < -0.4 is 14.2 Å². The second-order valence-corrected chi connectivity index (χ2v) is 10.00. The minimum absolute atomic E-state index is 0.0648. The first-order valence-corrected chi connectivity index (χ1v) is 11.0. The van der Waals surface area contributed by atoms with Crippen LogP contribution in [0.1, 0.15) is 5.56 Å². The van der Waals surface area contributed by atoms with Gasteiger partial charge in [-0.25, -0.2) is 8.42 Å². The summed E-state index contributed by atoms with van der Waals surface area (Å²) in [4.78, 5) is 0. The van der Waals surface area contributed by atoms with Crippen LogP contribution in [-0.4, -0.2) is 15.5 Å². The maximum absolute atomic E-state index is 13.2. The Bertz CT molecular complexity index is 1130. The van der Waals surface area contributed by atoms with Crippen molar-refractivity contribution >= 4 is 43.0 Å². The van der Waals surface area contributed by atoms with Crippen molar-refractivity contribution < 1.29 is 31.1 Å². The number of anilines is 1. The average Bonchev–Trinajstić information content (AvgIpc) is 3.10. The number of thiophene rings is 1. The summed E-state index contributed by atoms with van der Waals surface area (Å²) in [6.45, 7) is 0. The van der Waals surface area contributed by atoms with Gasteiger partial charge in [0, 0.05) is 0 Å². The van der Waals surface area contributed by atoms with E-state index in [9.17, 15) is 21.6 Å². The Morgan fingerprint density at radius 3 is 2.28 bits per heavy atom. The SMILES string of the molecule is COc1ccccc1Oc1ccc(C(F)(F)F)cc1NS(=O)(=O)c1ccc(Br)s1. The molecule has 0 aliphatic heterocycles. The van der Waals surface area contributed by atoms with Gasteiger partial charge in [0.2, 0.25) is 0 Å². The zero-order chi connectivity index (χ0) is 21.2. The molecule has 0 aliphatic rings. The van der Waals surface area contributed by atoms with Crippen LogP contribution in [0.4, 0.5) is 18.9 Å². The number of alkyl halides is 3. The van der Waals surface area contributed by atoms with E-state index in [2.05, 4.69) is 20.7 Å². The number of benzene rings is 2. The topological polar surface area (TPSA) is 64.6 Å². The Hall–Kier alpha value is -2.24. The van der Waals surface area contributed by atoms with Gasteiger partial charge >= 0.3 is 6.18 Å². The molecule has 29 heavy (non-hydrogen) atoms. The first-order valence-electron chi connectivity index (χ1n) is 7.90. The summed E-state index contributed by atoms with van der Waals surface area (Å²) in [6.07, 6.45) is -4.66. The molecule has 1 N–H and O–H groups in total. The molecule has 2 aromatic carbocycles. The van der Waals surface area contributed by atoms with Crippen molar-refractivity contribution in [2.24, 2.45) is 0 Å². The summed E-state index contributed by atoms with van der Waals surface area (Å²) in [6, 6.07) is 11.9. The lowest BCUT2D eigenvalue weighted by Gasteiger charge is -2.16. The summed E-state index contributed by atoms with van der Waals surface area (Å²) >= 11 is 4.08. The second-order valence-electron chi connectivity index (χ2n) is 5.63. The molecule has 1 aromatic heterocycles. The normalized spacial score (nSPS) is 11.9. The zero-order valence-electron chi connectivity index (χ0n) is 14.7. The smallest absolute Gasteiger partial charge is 0.416 e. The number of hydrogen-bond donors (Lipinski definition) is 1. The van der Waals surface area contributed by atoms with Crippen LogP contribution in [0.15, 0.2) is 62.6 Å². The quantitative estimate of drug-likeness (QED) is 0.435. The number of sulfonamides is 1. The van der Waals surface area contributed by atoms with Crippen LogP contribution in [0, 0.1) is 0 Å². The summed E-state index contributed by atoms with van der Waals surface area (Å²) in [7, 11) is -2.72. The van der Waals surface area contributed by atoms with E-state index in [1.165, 1.54) is 19.2 Å². The van der Waals surface area contributed by atoms with Crippen LogP contribution in [0.5, 0.6) is 17.2 Å². The summed E-state index contributed by atoms with van der Waals surface area (Å²) in [5.41, 5.74) is -1.37. The van der Waals surface area contributed by atoms with Crippen LogP contribution in [0.25, 0.3) is 0 Å². The Kier molecular flexibility index (Phi) is 6.11. The highest BCUT2D eigenvalue weighted by Gasteiger charge is 2.32. The first-order chi connectivity index (χ1) is 13.6. The fourth-order valence-electron chi connectivity index (χ4n) is 2.33. The number of halogens is 4. The van der Waals surface area contributed by atoms with Gasteiger partial charge in [0.25, 0.3) is 10.0 Å². The molecule has 0 saturated carbocycles. The molecule has 0 bridgehead atoms. The molecule has 154 valence electrons. The summed E-state index contributed by atoms with van der Waals surface area (Å²) < 4.78 is 78.2. The van der Waals surface area contributed by atoms with Gasteiger partial charge in [-0.3, -0.25) is 4.72 Å². The monoisotopic (exact) mass is 507 g/mol. The highest BCUT2D eigenvalue weighted by molar-refractivity contribution is 9.11. The molecule has 0 spiro atoms. The van der Waals surface area contributed by atoms with Crippen LogP contribution in [0.3, 0.4) is 0 Å². The number of ether oxygens (including phenoxy) is 2. The van der Waals surface area contributed by atoms with E-state index in [0.717, 1.165) is 23.5 Å². The predicted octanol–water partition coefficient (Wildman–Crippen LogP) is 6.13. The van der Waals surface area contributed by atoms with Crippen LogP contribution >= 0.6 is 27.3 Å². The van der Waals surface area contributed by atoms with Crippen molar-refractivity contribution in [3.05, 3.63) is 63.9 Å². The van der Waals surface area contributed by atoms with Crippen molar-refractivity contribution in [2.45, 2.75) is 10.4 Å². The molecule has 0 amide bonds. The van der Waals surface area contributed by atoms with E-state index in [-0.39, 0.29) is 21.4 Å². The fourth-order valence-corrected chi connectivity index (χ4v) is 5.40. The highest BCUT2D eigenvalue weighted by atomic mass is 79.9. The minimum Gasteiger partial charge on any atom is -0.493 e. The van der Waals surface area contributed by atoms with E-state index >= 15 is 0 Å². The fraction of sp³-hybridized carbons (Fsp3) is 0.111. The molecule has 0 atom stereocenters. The number of methoxy groups -OCH3 is 1. The number of hydrogen-bond acceptors (Lipinski definition) is 5. The molecule has 0 fully saturated rings. The Balaban J connectivity index is 2.05. The highest BCUT2D eigenvalue weighted by Crippen LogP contribution is 2.40. The van der Waals surface area contributed by atoms with E-state index in [0.29, 0.717) is 15.6 Å². The van der Waals surface area contributed by atoms with Gasteiger partial charge in [-0.15, -0.1) is 11.3 Å². The summed E-state index contributed by atoms with van der Waals surface area (Å²) in [5, 5.41) is 0.